The smallest absolute Gasteiger partial charge is 0.248 e. The molecule has 0 saturated carbocycles. The topological polar surface area (TPSA) is 92.5 Å². The van der Waals surface area contributed by atoms with Crippen molar-refractivity contribution in [2.75, 3.05) is 18.4 Å². The van der Waals surface area contributed by atoms with E-state index in [0.29, 0.717) is 37.2 Å². The van der Waals surface area contributed by atoms with Crippen LogP contribution in [0.4, 0.5) is 5.69 Å². The fourth-order valence-electron chi connectivity index (χ4n) is 3.22. The first kappa shape index (κ1) is 24.1. The van der Waals surface area contributed by atoms with E-state index in [1.54, 1.807) is 29.2 Å². The molecule has 2 aromatic rings. The number of anilines is 1. The average molecular weight is 424 g/mol. The lowest BCUT2D eigenvalue weighted by molar-refractivity contribution is -0.131. The molecular formula is C25H33N3O3. The molecule has 0 aromatic heterocycles. The predicted molar refractivity (Wildman–Crippen MR) is 124 cm³/mol. The summed E-state index contributed by atoms with van der Waals surface area (Å²) in [6.45, 7) is 9.37. The first-order valence-corrected chi connectivity index (χ1v) is 10.7. The van der Waals surface area contributed by atoms with Crippen molar-refractivity contribution in [2.24, 2.45) is 5.73 Å². The van der Waals surface area contributed by atoms with Gasteiger partial charge in [-0.25, -0.2) is 0 Å². The van der Waals surface area contributed by atoms with E-state index in [1.165, 1.54) is 5.56 Å². The summed E-state index contributed by atoms with van der Waals surface area (Å²) >= 11 is 0. The van der Waals surface area contributed by atoms with Gasteiger partial charge in [-0.05, 0) is 54.2 Å². The summed E-state index contributed by atoms with van der Waals surface area (Å²) in [6.07, 6.45) is 1.30. The molecule has 0 aliphatic carbocycles. The molecule has 2 rings (SSSR count). The fraction of sp³-hybridized carbons (Fsp3) is 0.400. The number of nitrogens with two attached hydrogens (primary N) is 1. The molecule has 6 nitrogen and oxygen atoms in total. The first-order valence-electron chi connectivity index (χ1n) is 10.7. The van der Waals surface area contributed by atoms with Crippen molar-refractivity contribution in [2.45, 2.75) is 52.4 Å². The van der Waals surface area contributed by atoms with Gasteiger partial charge < -0.3 is 16.0 Å². The summed E-state index contributed by atoms with van der Waals surface area (Å²) in [7, 11) is 0. The van der Waals surface area contributed by atoms with Crippen LogP contribution in [0, 0.1) is 0 Å². The van der Waals surface area contributed by atoms with Crippen LogP contribution in [0.5, 0.6) is 0 Å². The molecule has 0 atom stereocenters. The van der Waals surface area contributed by atoms with Crippen LogP contribution in [0.1, 0.15) is 62.0 Å². The van der Waals surface area contributed by atoms with Gasteiger partial charge >= 0.3 is 0 Å². The molecule has 0 unspecified atom stereocenters. The summed E-state index contributed by atoms with van der Waals surface area (Å²) in [4.78, 5) is 37.6. The predicted octanol–water partition coefficient (Wildman–Crippen LogP) is 3.89. The number of hydrogen-bond donors (Lipinski definition) is 2. The van der Waals surface area contributed by atoms with Crippen LogP contribution < -0.4 is 11.1 Å². The van der Waals surface area contributed by atoms with Crippen molar-refractivity contribution in [3.05, 3.63) is 65.2 Å². The Hall–Kier alpha value is -3.15. The number of aryl methyl sites for hydroxylation is 1. The second kappa shape index (κ2) is 10.8. The van der Waals surface area contributed by atoms with Gasteiger partial charge in [0, 0.05) is 37.2 Å². The van der Waals surface area contributed by atoms with E-state index in [0.717, 1.165) is 5.56 Å². The van der Waals surface area contributed by atoms with E-state index >= 15 is 0 Å². The Morgan fingerprint density at radius 3 is 2.06 bits per heavy atom. The number of amides is 3. The van der Waals surface area contributed by atoms with Gasteiger partial charge in [0.2, 0.25) is 17.7 Å². The molecule has 0 heterocycles. The summed E-state index contributed by atoms with van der Waals surface area (Å²) in [5.41, 5.74) is 8.69. The Labute approximate surface area is 184 Å². The van der Waals surface area contributed by atoms with Crippen LogP contribution in [-0.4, -0.2) is 35.7 Å². The Morgan fingerprint density at radius 1 is 0.935 bits per heavy atom. The first-order chi connectivity index (χ1) is 14.6. The van der Waals surface area contributed by atoms with Gasteiger partial charge in [-0.3, -0.25) is 14.4 Å². The van der Waals surface area contributed by atoms with E-state index in [1.807, 2.05) is 6.92 Å². The highest BCUT2D eigenvalue weighted by atomic mass is 16.2. The highest BCUT2D eigenvalue weighted by Gasteiger charge is 2.15. The molecule has 3 amide bonds. The average Bonchev–Trinajstić information content (AvgIpc) is 2.72. The van der Waals surface area contributed by atoms with Gasteiger partial charge in [-0.2, -0.15) is 0 Å². The van der Waals surface area contributed by atoms with Crippen molar-refractivity contribution in [1.29, 1.82) is 0 Å². The lowest BCUT2D eigenvalue weighted by atomic mass is 9.86. The zero-order valence-corrected chi connectivity index (χ0v) is 18.9. The second-order valence-electron chi connectivity index (χ2n) is 8.66. The largest absolute Gasteiger partial charge is 0.366 e. The lowest BCUT2D eigenvalue weighted by Gasteiger charge is -2.21. The molecule has 0 aliphatic rings. The van der Waals surface area contributed by atoms with Crippen molar-refractivity contribution in [3.8, 4) is 0 Å². The molecule has 0 radical (unpaired) electrons. The van der Waals surface area contributed by atoms with Crippen LogP contribution >= 0.6 is 0 Å². The maximum atomic E-state index is 12.6. The maximum Gasteiger partial charge on any atom is 0.248 e. The second-order valence-corrected chi connectivity index (χ2v) is 8.66. The van der Waals surface area contributed by atoms with Crippen LogP contribution in [-0.2, 0) is 21.4 Å². The monoisotopic (exact) mass is 423 g/mol. The van der Waals surface area contributed by atoms with E-state index in [-0.39, 0.29) is 23.7 Å². The van der Waals surface area contributed by atoms with E-state index in [4.69, 9.17) is 5.73 Å². The molecule has 31 heavy (non-hydrogen) atoms. The zero-order chi connectivity index (χ0) is 23.0. The summed E-state index contributed by atoms with van der Waals surface area (Å²) < 4.78 is 0. The van der Waals surface area contributed by atoms with Crippen molar-refractivity contribution in [3.63, 3.8) is 0 Å². The molecule has 166 valence electrons. The van der Waals surface area contributed by atoms with E-state index < -0.39 is 5.91 Å². The number of hydrogen-bond acceptors (Lipinski definition) is 3. The van der Waals surface area contributed by atoms with Gasteiger partial charge in [0.05, 0.1) is 0 Å². The molecule has 3 N–H and O–H groups in total. The molecule has 0 aliphatic heterocycles. The van der Waals surface area contributed by atoms with Gasteiger partial charge in [-0.15, -0.1) is 0 Å². The number of carbonyl (C=O) groups excluding carboxylic acids is 3. The minimum Gasteiger partial charge on any atom is -0.366 e. The van der Waals surface area contributed by atoms with E-state index in [9.17, 15) is 14.4 Å². The highest BCUT2D eigenvalue weighted by Crippen LogP contribution is 2.22. The SMILES string of the molecule is CCN(CCC(=O)Nc1ccc(C(N)=O)cc1)C(=O)CCc1ccc(C(C)(C)C)cc1. The zero-order valence-electron chi connectivity index (χ0n) is 18.9. The van der Waals surface area contributed by atoms with Crippen LogP contribution in [0.3, 0.4) is 0 Å². The third kappa shape index (κ3) is 7.55. The number of nitrogens with zero attached hydrogens (tertiary/aromatic N) is 1. The van der Waals surface area contributed by atoms with Gasteiger partial charge in [0.25, 0.3) is 0 Å². The van der Waals surface area contributed by atoms with Crippen LogP contribution in [0.15, 0.2) is 48.5 Å². The quantitative estimate of drug-likeness (QED) is 0.641. The number of primary amides is 1. The van der Waals surface area contributed by atoms with Gasteiger partial charge in [0.15, 0.2) is 0 Å². The summed E-state index contributed by atoms with van der Waals surface area (Å²) in [5, 5.41) is 2.77. The number of carbonyl (C=O) groups is 3. The molecular weight excluding hydrogens is 390 g/mol. The Bertz CT molecular complexity index is 897. The molecule has 2 aromatic carbocycles. The minimum atomic E-state index is -0.514. The van der Waals surface area contributed by atoms with Crippen molar-refractivity contribution < 1.29 is 14.4 Å². The Balaban J connectivity index is 1.81. The molecule has 0 fully saturated rings. The van der Waals surface area contributed by atoms with Gasteiger partial charge in [-0.1, -0.05) is 45.0 Å². The summed E-state index contributed by atoms with van der Waals surface area (Å²) in [6, 6.07) is 14.8. The summed E-state index contributed by atoms with van der Waals surface area (Å²) in [5.74, 6) is -0.656. The molecule has 0 spiro atoms. The molecule has 0 bridgehead atoms. The molecule has 6 heteroatoms. The minimum absolute atomic E-state index is 0.0426. The van der Waals surface area contributed by atoms with Crippen molar-refractivity contribution >= 4 is 23.4 Å². The fourth-order valence-corrected chi connectivity index (χ4v) is 3.22. The van der Waals surface area contributed by atoms with Crippen LogP contribution in [0.2, 0.25) is 0 Å². The highest BCUT2D eigenvalue weighted by molar-refractivity contribution is 5.94. The lowest BCUT2D eigenvalue weighted by Crippen LogP contribution is -2.33. The van der Waals surface area contributed by atoms with E-state index in [2.05, 4.69) is 50.4 Å². The van der Waals surface area contributed by atoms with Crippen LogP contribution in [0.25, 0.3) is 0 Å². The normalized spacial score (nSPS) is 11.1. The number of benzene rings is 2. The van der Waals surface area contributed by atoms with Crippen molar-refractivity contribution in [1.82, 2.24) is 4.90 Å². The number of nitrogens with one attached hydrogen (secondary N) is 1. The third-order valence-corrected chi connectivity index (χ3v) is 5.24. The van der Waals surface area contributed by atoms with Gasteiger partial charge in [0.1, 0.15) is 0 Å². The third-order valence-electron chi connectivity index (χ3n) is 5.24. The molecule has 0 saturated heterocycles. The number of rotatable bonds is 9. The maximum absolute atomic E-state index is 12.6. The Morgan fingerprint density at radius 2 is 1.55 bits per heavy atom. The Kier molecular flexibility index (Phi) is 8.37. The standard InChI is InChI=1S/C25H33N3O3/c1-5-28(17-16-22(29)27-21-13-9-19(10-14-21)24(26)31)23(30)15-8-18-6-11-20(12-7-18)25(2,3)4/h6-7,9-14H,5,8,15-17H2,1-4H3,(H2,26,31)(H,27,29).